The Kier molecular flexibility index (Phi) is 11.8. The number of fused-ring (bicyclic) bond motifs is 16. The first kappa shape index (κ1) is 55.7. The Morgan fingerprint density at radius 2 is 0.351 bits per heavy atom. The Bertz CT molecular complexity index is 5910. The fraction of sp³-hybridized carbons (Fsp3) is 0.191. The average molecular weight is 1210 g/mol. The zero-order chi connectivity index (χ0) is 63.8. The average Bonchev–Trinajstić information content (AvgIpc) is 1.47. The fourth-order valence-electron chi connectivity index (χ4n) is 17.8. The van der Waals surface area contributed by atoms with Crippen LogP contribution in [-0.4, -0.2) is 0 Å². The molecule has 0 heteroatoms. The fourth-order valence-corrected chi connectivity index (χ4v) is 17.8. The summed E-state index contributed by atoms with van der Waals surface area (Å²) in [6.07, 6.45) is 0. The van der Waals surface area contributed by atoms with E-state index in [2.05, 4.69) is 289 Å². The zero-order valence-electron chi connectivity index (χ0n) is 56.1. The standard InChI is InChI=1S/C94H76/c1-47(2)53-13-21-57(22-14-53)63-43-77-75-41-61(51(9)10)29-31-69(75)89-87(77)79(45-63)81(59-25-17-55(18-26-59)49(5)6)91-71-37-33-65-68-36-40-74-86-72(38-34-66(84(68)86)67-35-39-73(93(89)91)85(71)83(65)67)92-82(60-27-19-56(20-28-60)50(7)8)80-46-64(58-23-15-54(16-24-58)48(3)4)44-78-76-42-62(52(11)12)30-32-70(76)90(88(78)80)94(74)92/h13-52H,1-12H3. The molecule has 0 unspecified atom stereocenters. The summed E-state index contributed by atoms with van der Waals surface area (Å²) in [6.45, 7) is 27.8. The topological polar surface area (TPSA) is 0 Å². The van der Waals surface area contributed by atoms with Gasteiger partial charge < -0.3 is 0 Å². The summed E-state index contributed by atoms with van der Waals surface area (Å²) in [5.41, 5.74) is 18.5. The van der Waals surface area contributed by atoms with E-state index >= 15 is 0 Å². The third kappa shape index (κ3) is 7.52. The minimum absolute atomic E-state index is 0.400. The van der Waals surface area contributed by atoms with Crippen molar-refractivity contribution in [1.29, 1.82) is 0 Å². The maximum Gasteiger partial charge on any atom is -0.000696 e. The molecular weight excluding hydrogens is 1130 g/mol. The molecule has 0 aliphatic rings. The summed E-state index contributed by atoms with van der Waals surface area (Å²) in [5.74, 6) is 2.58. The molecule has 0 aliphatic heterocycles. The van der Waals surface area contributed by atoms with Crippen molar-refractivity contribution < 1.29 is 0 Å². The van der Waals surface area contributed by atoms with E-state index in [-0.39, 0.29) is 0 Å². The third-order valence-corrected chi connectivity index (χ3v) is 22.9. The molecule has 19 rings (SSSR count). The van der Waals surface area contributed by atoms with Crippen molar-refractivity contribution in [3.05, 3.63) is 240 Å². The van der Waals surface area contributed by atoms with Crippen LogP contribution >= 0.6 is 0 Å². The van der Waals surface area contributed by atoms with Crippen LogP contribution in [0.3, 0.4) is 0 Å². The van der Waals surface area contributed by atoms with Crippen molar-refractivity contribution in [3.63, 3.8) is 0 Å². The molecule has 0 atom stereocenters. The van der Waals surface area contributed by atoms with Gasteiger partial charge in [0.05, 0.1) is 0 Å². The van der Waals surface area contributed by atoms with E-state index in [1.165, 1.54) is 229 Å². The van der Waals surface area contributed by atoms with Gasteiger partial charge in [0, 0.05) is 0 Å². The van der Waals surface area contributed by atoms with Crippen molar-refractivity contribution in [3.8, 4) is 44.5 Å². The zero-order valence-corrected chi connectivity index (χ0v) is 56.1. The first-order valence-electron chi connectivity index (χ1n) is 34.9. The summed E-state index contributed by atoms with van der Waals surface area (Å²) in [6, 6.07) is 83.2. The molecule has 0 spiro atoms. The smallest absolute Gasteiger partial charge is 0.000696 e. The van der Waals surface area contributed by atoms with Gasteiger partial charge in [0.15, 0.2) is 0 Å². The molecule has 0 aromatic heterocycles. The van der Waals surface area contributed by atoms with Crippen LogP contribution in [0.4, 0.5) is 0 Å². The second-order valence-electron chi connectivity index (χ2n) is 30.1. The molecule has 0 amide bonds. The summed E-state index contributed by atoms with van der Waals surface area (Å²) in [5, 5.41) is 38.0. The number of benzene rings is 15. The van der Waals surface area contributed by atoms with Crippen LogP contribution < -0.4 is 0 Å². The summed E-state index contributed by atoms with van der Waals surface area (Å²) < 4.78 is 0. The second-order valence-corrected chi connectivity index (χ2v) is 30.1. The van der Waals surface area contributed by atoms with Crippen molar-refractivity contribution in [2.24, 2.45) is 0 Å². The summed E-state index contributed by atoms with van der Waals surface area (Å²) in [7, 11) is 0. The Hall–Kier alpha value is -9.88. The van der Waals surface area contributed by atoms with E-state index in [0.717, 1.165) is 0 Å². The Morgan fingerprint density at radius 1 is 0.138 bits per heavy atom. The predicted octanol–water partition coefficient (Wildman–Crippen LogP) is 28.4. The van der Waals surface area contributed by atoms with Gasteiger partial charge in [-0.1, -0.05) is 265 Å². The minimum atomic E-state index is 0.400. The quantitative estimate of drug-likeness (QED) is 0.0946. The highest BCUT2D eigenvalue weighted by atomic mass is 14.3. The molecule has 0 aliphatic carbocycles. The number of hydrogen-bond acceptors (Lipinski definition) is 0. The summed E-state index contributed by atoms with van der Waals surface area (Å²) >= 11 is 0. The van der Waals surface area contributed by atoms with Crippen LogP contribution in [-0.2, 0) is 0 Å². The lowest BCUT2D eigenvalue weighted by Gasteiger charge is -2.16. The lowest BCUT2D eigenvalue weighted by atomic mass is 9.87. The van der Waals surface area contributed by atoms with E-state index in [1.54, 1.807) is 0 Å². The highest BCUT2D eigenvalue weighted by Gasteiger charge is 2.31. The van der Waals surface area contributed by atoms with Crippen LogP contribution in [0, 0.1) is 0 Å². The van der Waals surface area contributed by atoms with Gasteiger partial charge in [-0.2, -0.15) is 0 Å². The summed E-state index contributed by atoms with van der Waals surface area (Å²) in [4.78, 5) is 0. The van der Waals surface area contributed by atoms with E-state index in [1.807, 2.05) is 0 Å². The van der Waals surface area contributed by atoms with Crippen LogP contribution in [0.2, 0.25) is 0 Å². The lowest BCUT2D eigenvalue weighted by molar-refractivity contribution is 0.867. The largest absolute Gasteiger partial charge is 0.0587 e. The van der Waals surface area contributed by atoms with Crippen LogP contribution in [0.25, 0.3) is 195 Å². The Morgan fingerprint density at radius 3 is 0.660 bits per heavy atom. The van der Waals surface area contributed by atoms with Crippen molar-refractivity contribution >= 4 is 151 Å². The Balaban J connectivity index is 0.955. The molecule has 0 fully saturated rings. The highest BCUT2D eigenvalue weighted by molar-refractivity contribution is 6.54. The van der Waals surface area contributed by atoms with Crippen molar-refractivity contribution in [2.45, 2.75) is 119 Å². The first-order chi connectivity index (χ1) is 45.6. The van der Waals surface area contributed by atoms with Gasteiger partial charge >= 0.3 is 0 Å². The normalized spacial score (nSPS) is 13.0. The van der Waals surface area contributed by atoms with Gasteiger partial charge in [-0.05, 0) is 288 Å². The monoisotopic (exact) mass is 1200 g/mol. The van der Waals surface area contributed by atoms with Crippen LogP contribution in [0.5, 0.6) is 0 Å². The molecule has 0 radical (unpaired) electrons. The second kappa shape index (κ2) is 19.8. The predicted molar refractivity (Wildman–Crippen MR) is 414 cm³/mol. The van der Waals surface area contributed by atoms with E-state index in [0.29, 0.717) is 35.5 Å². The lowest BCUT2D eigenvalue weighted by Crippen LogP contribution is -1.90. The van der Waals surface area contributed by atoms with Crippen molar-refractivity contribution in [2.75, 3.05) is 0 Å². The van der Waals surface area contributed by atoms with Crippen molar-refractivity contribution in [1.82, 2.24) is 0 Å². The molecule has 0 N–H and O–H groups in total. The van der Waals surface area contributed by atoms with Crippen LogP contribution in [0.15, 0.2) is 206 Å². The van der Waals surface area contributed by atoms with Gasteiger partial charge in [0.1, 0.15) is 0 Å². The molecule has 452 valence electrons. The first-order valence-corrected chi connectivity index (χ1v) is 34.9. The van der Waals surface area contributed by atoms with Gasteiger partial charge in [-0.3, -0.25) is 0 Å². The number of hydrogen-bond donors (Lipinski definition) is 0. The molecule has 0 bridgehead atoms. The maximum atomic E-state index is 2.55. The van der Waals surface area contributed by atoms with Crippen LogP contribution in [0.1, 0.15) is 152 Å². The molecule has 0 nitrogen and oxygen atoms in total. The van der Waals surface area contributed by atoms with E-state index < -0.39 is 0 Å². The molecule has 0 heterocycles. The van der Waals surface area contributed by atoms with Gasteiger partial charge in [-0.15, -0.1) is 0 Å². The maximum absolute atomic E-state index is 2.55. The molecule has 0 saturated carbocycles. The highest BCUT2D eigenvalue weighted by Crippen LogP contribution is 2.59. The third-order valence-electron chi connectivity index (χ3n) is 22.9. The molecule has 19 aromatic carbocycles. The van der Waals surface area contributed by atoms with Gasteiger partial charge in [-0.25, -0.2) is 0 Å². The Labute approximate surface area is 550 Å². The van der Waals surface area contributed by atoms with Gasteiger partial charge in [0.2, 0.25) is 0 Å². The molecule has 0 saturated heterocycles. The molecular formula is C94H76. The van der Waals surface area contributed by atoms with E-state index in [9.17, 15) is 0 Å². The SMILES string of the molecule is CC(C)c1ccc(-c2cc3c(-c4ccc(C(C)C)cc4)c4c5ccc6c7ccc8c9c(ccc(c%10ccc(c5c6%10)c4c4c5ccc(C(C)C)cc5c(c2)c34)c79)c2c(-c3ccc(C(C)C)cc3)c3cc(-c4ccc(C(C)C)cc4)cc4c5cc(C(C)C)ccc5c(c34)c82)cc1. The van der Waals surface area contributed by atoms with Gasteiger partial charge in [0.25, 0.3) is 0 Å². The van der Waals surface area contributed by atoms with E-state index in [4.69, 9.17) is 0 Å². The molecule has 94 heavy (non-hydrogen) atoms. The number of rotatable bonds is 10. The molecule has 19 aromatic rings. The minimum Gasteiger partial charge on any atom is -0.0587 e.